The molecule has 0 radical (unpaired) electrons. The van der Waals surface area contributed by atoms with Gasteiger partial charge in [0.2, 0.25) is 0 Å². The molecule has 0 saturated carbocycles. The van der Waals surface area contributed by atoms with E-state index in [9.17, 15) is 19.8 Å². The number of aromatic carboxylic acids is 2. The van der Waals surface area contributed by atoms with Gasteiger partial charge in [-0.3, -0.25) is 0 Å². The Hall–Kier alpha value is -3.44. The van der Waals surface area contributed by atoms with Crippen LogP contribution in [0.1, 0.15) is 44.3 Å². The molecule has 0 unspecified atom stereocenters. The molecule has 0 fully saturated rings. The first-order chi connectivity index (χ1) is 13.5. The van der Waals surface area contributed by atoms with Crippen molar-refractivity contribution >= 4 is 11.9 Å². The van der Waals surface area contributed by atoms with Crippen LogP contribution in [0.25, 0.3) is 0 Å². The highest BCUT2D eigenvalue weighted by Crippen LogP contribution is 2.40. The Kier molecular flexibility index (Phi) is 5.57. The van der Waals surface area contributed by atoms with E-state index < -0.39 is 17.5 Å². The lowest BCUT2D eigenvalue weighted by Gasteiger charge is -2.35. The zero-order valence-electron chi connectivity index (χ0n) is 15.3. The van der Waals surface area contributed by atoms with Crippen molar-refractivity contribution in [2.24, 2.45) is 0 Å². The van der Waals surface area contributed by atoms with Crippen LogP contribution in [0, 0.1) is 0 Å². The molecule has 0 amide bonds. The predicted octanol–water partition coefficient (Wildman–Crippen LogP) is 4.41. The lowest BCUT2D eigenvalue weighted by Crippen LogP contribution is -2.33. The van der Waals surface area contributed by atoms with Crippen LogP contribution < -0.4 is 0 Å². The molecule has 0 aliphatic rings. The first-order valence-electron chi connectivity index (χ1n) is 8.86. The summed E-state index contributed by atoms with van der Waals surface area (Å²) in [5, 5.41) is 18.4. The Morgan fingerprint density at radius 3 is 1.46 bits per heavy atom. The Morgan fingerprint density at radius 2 is 1.11 bits per heavy atom. The third-order valence-corrected chi connectivity index (χ3v) is 4.62. The third-order valence-electron chi connectivity index (χ3n) is 4.62. The van der Waals surface area contributed by atoms with Crippen LogP contribution in [0.3, 0.4) is 0 Å². The minimum Gasteiger partial charge on any atom is -0.478 e. The molecule has 0 bridgehead atoms. The first kappa shape index (κ1) is 19.3. The zero-order chi connectivity index (χ0) is 20.1. The molecule has 3 aromatic rings. The summed E-state index contributed by atoms with van der Waals surface area (Å²) in [6, 6.07) is 22.7. The molecule has 0 heterocycles. The van der Waals surface area contributed by atoms with E-state index in [1.807, 2.05) is 37.3 Å². The number of hydrogen-bond acceptors (Lipinski definition) is 3. The molecule has 3 aromatic carbocycles. The minimum absolute atomic E-state index is 0.184. The van der Waals surface area contributed by atoms with Crippen molar-refractivity contribution in [1.82, 2.24) is 0 Å². The summed E-state index contributed by atoms with van der Waals surface area (Å²) in [5.74, 6) is -2.00. The van der Waals surface area contributed by atoms with Gasteiger partial charge >= 0.3 is 11.9 Å². The van der Waals surface area contributed by atoms with Crippen LogP contribution in [0.4, 0.5) is 0 Å². The fourth-order valence-electron chi connectivity index (χ4n) is 3.33. The quantitative estimate of drug-likeness (QED) is 0.597. The average Bonchev–Trinajstić information content (AvgIpc) is 2.73. The third kappa shape index (κ3) is 3.52. The highest BCUT2D eigenvalue weighted by molar-refractivity contribution is 5.88. The van der Waals surface area contributed by atoms with E-state index >= 15 is 0 Å². The molecule has 0 atom stereocenters. The first-order valence-corrected chi connectivity index (χ1v) is 8.86. The highest BCUT2D eigenvalue weighted by atomic mass is 16.5. The van der Waals surface area contributed by atoms with Crippen molar-refractivity contribution in [3.8, 4) is 0 Å². The van der Waals surface area contributed by atoms with E-state index in [-0.39, 0.29) is 11.1 Å². The van der Waals surface area contributed by atoms with E-state index in [0.29, 0.717) is 6.61 Å². The number of rotatable bonds is 7. The van der Waals surface area contributed by atoms with Gasteiger partial charge in [0.25, 0.3) is 0 Å². The van der Waals surface area contributed by atoms with Crippen LogP contribution in [-0.2, 0) is 10.3 Å². The summed E-state index contributed by atoms with van der Waals surface area (Å²) < 4.78 is 6.29. The maximum absolute atomic E-state index is 11.2. The van der Waals surface area contributed by atoms with Crippen LogP contribution in [-0.4, -0.2) is 28.8 Å². The van der Waals surface area contributed by atoms with Gasteiger partial charge < -0.3 is 14.9 Å². The summed E-state index contributed by atoms with van der Waals surface area (Å²) in [4.78, 5) is 22.5. The maximum Gasteiger partial charge on any atom is 0.335 e. The molecule has 5 heteroatoms. The van der Waals surface area contributed by atoms with Gasteiger partial charge in [-0.2, -0.15) is 0 Å². The largest absolute Gasteiger partial charge is 0.478 e. The molecule has 0 aliphatic carbocycles. The number of hydrogen-bond donors (Lipinski definition) is 2. The fraction of sp³-hybridized carbons (Fsp3) is 0.130. The van der Waals surface area contributed by atoms with Crippen molar-refractivity contribution in [3.05, 3.63) is 107 Å². The zero-order valence-corrected chi connectivity index (χ0v) is 15.3. The number of carboxylic acid groups (broad SMARTS) is 2. The highest BCUT2D eigenvalue weighted by Gasteiger charge is 2.37. The SMILES string of the molecule is CCOC(c1ccccc1)(c1ccc(C(=O)O)cc1)c1ccc(C(=O)O)cc1. The second-order valence-electron chi connectivity index (χ2n) is 6.25. The summed E-state index contributed by atoms with van der Waals surface area (Å²) in [7, 11) is 0. The standard InChI is InChI=1S/C23H20O5/c1-2-28-23(18-6-4-3-5-7-18,19-12-8-16(9-13-19)21(24)25)20-14-10-17(11-15-20)22(26)27/h3-15H,2H2,1H3,(H,24,25)(H,26,27). The average molecular weight is 376 g/mol. The smallest absolute Gasteiger partial charge is 0.335 e. The molecule has 0 spiro atoms. The summed E-state index contributed by atoms with van der Waals surface area (Å²) >= 11 is 0. The molecular formula is C23H20O5. The minimum atomic E-state index is -1.00. The molecule has 5 nitrogen and oxygen atoms in total. The Bertz CT molecular complexity index is 903. The number of carbonyl (C=O) groups is 2. The second kappa shape index (κ2) is 8.06. The maximum atomic E-state index is 11.2. The Labute approximate surface area is 162 Å². The van der Waals surface area contributed by atoms with Gasteiger partial charge in [-0.15, -0.1) is 0 Å². The van der Waals surface area contributed by atoms with Crippen molar-refractivity contribution in [2.45, 2.75) is 12.5 Å². The molecule has 142 valence electrons. The summed E-state index contributed by atoms with van der Waals surface area (Å²) in [6.45, 7) is 2.28. The van der Waals surface area contributed by atoms with Crippen molar-refractivity contribution in [3.63, 3.8) is 0 Å². The van der Waals surface area contributed by atoms with Gasteiger partial charge in [-0.05, 0) is 47.9 Å². The molecule has 0 aromatic heterocycles. The molecule has 2 N–H and O–H groups in total. The van der Waals surface area contributed by atoms with Gasteiger partial charge in [0.15, 0.2) is 0 Å². The van der Waals surface area contributed by atoms with Crippen LogP contribution in [0.5, 0.6) is 0 Å². The second-order valence-corrected chi connectivity index (χ2v) is 6.25. The van der Waals surface area contributed by atoms with E-state index in [1.54, 1.807) is 48.5 Å². The van der Waals surface area contributed by atoms with Gasteiger partial charge in [0.05, 0.1) is 11.1 Å². The Morgan fingerprint density at radius 1 is 0.714 bits per heavy atom. The monoisotopic (exact) mass is 376 g/mol. The summed E-state index contributed by atoms with van der Waals surface area (Å²) in [5.41, 5.74) is 1.75. The van der Waals surface area contributed by atoms with Gasteiger partial charge in [0, 0.05) is 6.61 Å². The van der Waals surface area contributed by atoms with Crippen LogP contribution in [0.2, 0.25) is 0 Å². The van der Waals surface area contributed by atoms with Crippen molar-refractivity contribution in [1.29, 1.82) is 0 Å². The lowest BCUT2D eigenvalue weighted by molar-refractivity contribution is 0.0215. The molecule has 0 saturated heterocycles. The normalized spacial score (nSPS) is 11.2. The lowest BCUT2D eigenvalue weighted by atomic mass is 9.79. The summed E-state index contributed by atoms with van der Waals surface area (Å²) in [6.07, 6.45) is 0. The van der Waals surface area contributed by atoms with Crippen LogP contribution >= 0.6 is 0 Å². The van der Waals surface area contributed by atoms with Gasteiger partial charge in [-0.1, -0.05) is 54.6 Å². The van der Waals surface area contributed by atoms with Crippen LogP contribution in [0.15, 0.2) is 78.9 Å². The van der Waals surface area contributed by atoms with Crippen molar-refractivity contribution in [2.75, 3.05) is 6.61 Å². The Balaban J connectivity index is 2.25. The van der Waals surface area contributed by atoms with E-state index in [4.69, 9.17) is 4.74 Å². The number of carboxylic acids is 2. The molecule has 28 heavy (non-hydrogen) atoms. The van der Waals surface area contributed by atoms with Crippen molar-refractivity contribution < 1.29 is 24.5 Å². The van der Waals surface area contributed by atoms with E-state index in [1.165, 1.54) is 0 Å². The number of ether oxygens (including phenoxy) is 1. The fourth-order valence-corrected chi connectivity index (χ4v) is 3.33. The van der Waals surface area contributed by atoms with E-state index in [0.717, 1.165) is 16.7 Å². The molecular weight excluding hydrogens is 356 g/mol. The predicted molar refractivity (Wildman–Crippen MR) is 105 cm³/mol. The van der Waals surface area contributed by atoms with Gasteiger partial charge in [-0.25, -0.2) is 9.59 Å². The molecule has 3 rings (SSSR count). The topological polar surface area (TPSA) is 83.8 Å². The van der Waals surface area contributed by atoms with Gasteiger partial charge in [0.1, 0.15) is 5.60 Å². The number of benzene rings is 3. The molecule has 0 aliphatic heterocycles. The van der Waals surface area contributed by atoms with E-state index in [2.05, 4.69) is 0 Å².